The largest absolute Gasteiger partial charge is 0.493 e. The van der Waals surface area contributed by atoms with Crippen LogP contribution in [0.5, 0.6) is 17.2 Å². The fourth-order valence-electron chi connectivity index (χ4n) is 2.41. The lowest BCUT2D eigenvalue weighted by Crippen LogP contribution is -2.26. The zero-order valence-corrected chi connectivity index (χ0v) is 15.7. The molecule has 0 heterocycles. The summed E-state index contributed by atoms with van der Waals surface area (Å²) in [5, 5.41) is 0.535. The highest BCUT2D eigenvalue weighted by Crippen LogP contribution is 2.28. The summed E-state index contributed by atoms with van der Waals surface area (Å²) >= 11 is 6.10. The van der Waals surface area contributed by atoms with Crippen LogP contribution < -0.4 is 19.9 Å². The fourth-order valence-corrected chi connectivity index (χ4v) is 2.66. The average molecular weight is 365 g/mol. The van der Waals surface area contributed by atoms with Crippen molar-refractivity contribution in [2.75, 3.05) is 46.7 Å². The Balaban J connectivity index is 1.78. The molecule has 0 aromatic heterocycles. The summed E-state index contributed by atoms with van der Waals surface area (Å²) in [7, 11) is 5.35. The number of methoxy groups -OCH3 is 2. The fraction of sp³-hybridized carbons (Fsp3) is 0.368. The number of halogens is 1. The first-order valence-electron chi connectivity index (χ1n) is 8.10. The van der Waals surface area contributed by atoms with Crippen molar-refractivity contribution in [1.29, 1.82) is 0 Å². The van der Waals surface area contributed by atoms with E-state index in [2.05, 4.69) is 18.0 Å². The summed E-state index contributed by atoms with van der Waals surface area (Å²) in [5.41, 5.74) is 7.50. The van der Waals surface area contributed by atoms with Crippen molar-refractivity contribution >= 4 is 17.3 Å². The minimum atomic E-state index is 0.535. The second-order valence-corrected chi connectivity index (χ2v) is 6.19. The number of nitrogen functional groups attached to an aromatic ring is 1. The van der Waals surface area contributed by atoms with Crippen LogP contribution in [0.4, 0.5) is 5.69 Å². The van der Waals surface area contributed by atoms with E-state index in [1.165, 1.54) is 5.56 Å². The third-order valence-corrected chi connectivity index (χ3v) is 4.21. The number of hydrogen-bond donors (Lipinski definition) is 1. The van der Waals surface area contributed by atoms with Gasteiger partial charge in [0.05, 0.1) is 19.2 Å². The van der Waals surface area contributed by atoms with Crippen molar-refractivity contribution in [2.24, 2.45) is 0 Å². The van der Waals surface area contributed by atoms with E-state index in [4.69, 9.17) is 31.5 Å². The smallest absolute Gasteiger partial charge is 0.160 e. The van der Waals surface area contributed by atoms with E-state index in [9.17, 15) is 0 Å². The number of nitrogens with two attached hydrogens (primary N) is 1. The van der Waals surface area contributed by atoms with Crippen molar-refractivity contribution < 1.29 is 14.2 Å². The van der Waals surface area contributed by atoms with Crippen LogP contribution in [0.2, 0.25) is 5.02 Å². The minimum absolute atomic E-state index is 0.535. The van der Waals surface area contributed by atoms with Gasteiger partial charge in [-0.1, -0.05) is 17.7 Å². The van der Waals surface area contributed by atoms with E-state index in [0.717, 1.165) is 31.0 Å². The molecule has 0 bridgehead atoms. The van der Waals surface area contributed by atoms with Crippen LogP contribution in [-0.4, -0.2) is 45.9 Å². The first kappa shape index (κ1) is 19.2. The van der Waals surface area contributed by atoms with Crippen LogP contribution in [0.3, 0.4) is 0 Å². The molecular weight excluding hydrogens is 340 g/mol. The SMILES string of the molecule is COc1ccc(CCN(C)CCOc2ccc(N)cc2Cl)cc1OC. The summed E-state index contributed by atoms with van der Waals surface area (Å²) in [6.07, 6.45) is 0.916. The van der Waals surface area contributed by atoms with Crippen LogP contribution in [0.1, 0.15) is 5.56 Å². The van der Waals surface area contributed by atoms with Crippen LogP contribution in [0.15, 0.2) is 36.4 Å². The van der Waals surface area contributed by atoms with Crippen molar-refractivity contribution in [1.82, 2.24) is 4.90 Å². The lowest BCUT2D eigenvalue weighted by Gasteiger charge is -2.18. The van der Waals surface area contributed by atoms with Crippen molar-refractivity contribution in [2.45, 2.75) is 6.42 Å². The highest BCUT2D eigenvalue weighted by atomic mass is 35.5. The predicted molar refractivity (Wildman–Crippen MR) is 102 cm³/mol. The van der Waals surface area contributed by atoms with Crippen LogP contribution in [0, 0.1) is 0 Å². The van der Waals surface area contributed by atoms with Gasteiger partial charge in [-0.05, 0) is 49.4 Å². The molecule has 0 unspecified atom stereocenters. The topological polar surface area (TPSA) is 57.0 Å². The quantitative estimate of drug-likeness (QED) is 0.690. The highest BCUT2D eigenvalue weighted by Gasteiger charge is 2.07. The van der Waals surface area contributed by atoms with E-state index in [0.29, 0.717) is 23.1 Å². The van der Waals surface area contributed by atoms with E-state index >= 15 is 0 Å². The monoisotopic (exact) mass is 364 g/mol. The van der Waals surface area contributed by atoms with Gasteiger partial charge in [0, 0.05) is 18.8 Å². The molecule has 2 rings (SSSR count). The Morgan fingerprint density at radius 3 is 2.36 bits per heavy atom. The van der Waals surface area contributed by atoms with Gasteiger partial charge in [0.2, 0.25) is 0 Å². The van der Waals surface area contributed by atoms with Gasteiger partial charge < -0.3 is 24.8 Å². The van der Waals surface area contributed by atoms with E-state index in [1.807, 2.05) is 12.1 Å². The van der Waals surface area contributed by atoms with Gasteiger partial charge in [-0.25, -0.2) is 0 Å². The van der Waals surface area contributed by atoms with E-state index in [1.54, 1.807) is 32.4 Å². The number of nitrogens with zero attached hydrogens (tertiary/aromatic N) is 1. The molecule has 0 atom stereocenters. The second kappa shape index (κ2) is 9.39. The molecular formula is C19H25ClN2O3. The molecule has 0 saturated carbocycles. The normalized spacial score (nSPS) is 10.8. The van der Waals surface area contributed by atoms with E-state index in [-0.39, 0.29) is 0 Å². The van der Waals surface area contributed by atoms with Gasteiger partial charge in [0.1, 0.15) is 12.4 Å². The lowest BCUT2D eigenvalue weighted by molar-refractivity contribution is 0.239. The summed E-state index contributed by atoms with van der Waals surface area (Å²) in [6.45, 7) is 2.27. The molecule has 0 amide bonds. The van der Waals surface area contributed by atoms with Gasteiger partial charge >= 0.3 is 0 Å². The number of benzene rings is 2. The molecule has 0 aliphatic heterocycles. The van der Waals surface area contributed by atoms with Gasteiger partial charge in [0.15, 0.2) is 11.5 Å². The maximum Gasteiger partial charge on any atom is 0.160 e. The van der Waals surface area contributed by atoms with Gasteiger partial charge in [-0.3, -0.25) is 0 Å². The lowest BCUT2D eigenvalue weighted by atomic mass is 10.1. The summed E-state index contributed by atoms with van der Waals surface area (Å²) in [6, 6.07) is 11.3. The first-order valence-corrected chi connectivity index (χ1v) is 8.48. The van der Waals surface area contributed by atoms with Gasteiger partial charge in [-0.15, -0.1) is 0 Å². The van der Waals surface area contributed by atoms with Crippen molar-refractivity contribution in [3.63, 3.8) is 0 Å². The number of hydrogen-bond acceptors (Lipinski definition) is 5. The number of likely N-dealkylation sites (N-methyl/N-ethyl adjacent to an activating group) is 1. The second-order valence-electron chi connectivity index (χ2n) is 5.78. The predicted octanol–water partition coefficient (Wildman–Crippen LogP) is 3.49. The summed E-state index contributed by atoms with van der Waals surface area (Å²) in [4.78, 5) is 2.21. The molecule has 0 aliphatic carbocycles. The standard InChI is InChI=1S/C19H25ClN2O3/c1-22(10-11-25-17-7-5-15(21)13-16(17)20)9-8-14-4-6-18(23-2)19(12-14)24-3/h4-7,12-13H,8-11,21H2,1-3H3. The van der Waals surface area contributed by atoms with E-state index < -0.39 is 0 Å². The Morgan fingerprint density at radius 2 is 1.68 bits per heavy atom. The van der Waals surface area contributed by atoms with Crippen LogP contribution in [0.25, 0.3) is 0 Å². The van der Waals surface area contributed by atoms with Crippen molar-refractivity contribution in [3.05, 3.63) is 47.0 Å². The molecule has 0 radical (unpaired) electrons. The maximum absolute atomic E-state index is 6.10. The zero-order chi connectivity index (χ0) is 18.2. The molecule has 0 fully saturated rings. The molecule has 25 heavy (non-hydrogen) atoms. The Morgan fingerprint density at radius 1 is 0.960 bits per heavy atom. The number of ether oxygens (including phenoxy) is 3. The Labute approximate surface area is 154 Å². The zero-order valence-electron chi connectivity index (χ0n) is 14.9. The van der Waals surface area contributed by atoms with Gasteiger partial charge in [-0.2, -0.15) is 0 Å². The first-order chi connectivity index (χ1) is 12.0. The van der Waals surface area contributed by atoms with Crippen molar-refractivity contribution in [3.8, 4) is 17.2 Å². The Hall–Kier alpha value is -2.11. The summed E-state index contributed by atoms with van der Waals surface area (Å²) in [5.74, 6) is 2.15. The Kier molecular flexibility index (Phi) is 7.22. The molecule has 6 heteroatoms. The maximum atomic E-state index is 6.10. The Bertz CT molecular complexity index is 694. The molecule has 5 nitrogen and oxygen atoms in total. The molecule has 0 spiro atoms. The molecule has 136 valence electrons. The molecule has 2 N–H and O–H groups in total. The van der Waals surface area contributed by atoms with Gasteiger partial charge in [0.25, 0.3) is 0 Å². The number of rotatable bonds is 9. The average Bonchev–Trinajstić information content (AvgIpc) is 2.61. The van der Waals surface area contributed by atoms with Crippen LogP contribution in [-0.2, 0) is 6.42 Å². The molecule has 0 aliphatic rings. The van der Waals surface area contributed by atoms with Crippen LogP contribution >= 0.6 is 11.6 Å². The highest BCUT2D eigenvalue weighted by molar-refractivity contribution is 6.32. The third kappa shape index (κ3) is 5.73. The molecule has 0 saturated heterocycles. The minimum Gasteiger partial charge on any atom is -0.493 e. The summed E-state index contributed by atoms with van der Waals surface area (Å²) < 4.78 is 16.3. The molecule has 2 aromatic carbocycles. The molecule has 2 aromatic rings. The number of anilines is 1. The third-order valence-electron chi connectivity index (χ3n) is 3.92.